The molecule has 0 radical (unpaired) electrons. The molecule has 4 heteroatoms. The molecule has 0 bridgehead atoms. The van der Waals surface area contributed by atoms with Gasteiger partial charge in [0.1, 0.15) is 0 Å². The topological polar surface area (TPSA) is 37.0 Å². The number of aromatic amines is 1. The Bertz CT molecular complexity index is 436. The molecule has 92 valence electrons. The van der Waals surface area contributed by atoms with Crippen molar-refractivity contribution in [1.29, 1.82) is 0 Å². The molecule has 0 spiro atoms. The maximum Gasteiger partial charge on any atom is 0.0733 e. The fourth-order valence-electron chi connectivity index (χ4n) is 1.73. The maximum atomic E-state index is 5.16. The predicted octanol–water partition coefficient (Wildman–Crippen LogP) is 2.49. The smallest absolute Gasteiger partial charge is 0.0733 e. The largest absolute Gasteiger partial charge is 0.383 e. The lowest BCUT2D eigenvalue weighted by Crippen LogP contribution is -2.32. The van der Waals surface area contributed by atoms with E-state index >= 15 is 0 Å². The van der Waals surface area contributed by atoms with Crippen LogP contribution in [0.4, 0.5) is 0 Å². The molecule has 0 saturated heterocycles. The van der Waals surface area contributed by atoms with Crippen molar-refractivity contribution in [3.63, 3.8) is 0 Å². The Hall–Kier alpha value is -0.970. The van der Waals surface area contributed by atoms with Crippen LogP contribution in [0.2, 0.25) is 0 Å². The number of aromatic nitrogens is 1. The molecule has 0 aliphatic heterocycles. The van der Waals surface area contributed by atoms with Gasteiger partial charge in [0.15, 0.2) is 0 Å². The molecular weight excluding hydrogens is 232 g/mol. The number of hydrogen-bond donors (Lipinski definition) is 2. The molecule has 0 amide bonds. The van der Waals surface area contributed by atoms with Gasteiger partial charge < -0.3 is 15.0 Å². The summed E-state index contributed by atoms with van der Waals surface area (Å²) in [4.78, 5) is 3.41. The molecule has 2 aromatic rings. The van der Waals surface area contributed by atoms with E-state index in [-0.39, 0.29) is 0 Å². The molecule has 1 heterocycles. The van der Waals surface area contributed by atoms with Gasteiger partial charge >= 0.3 is 0 Å². The standard InChI is InChI=1S/C13H18N2OS/c1-14-11(8-16-2)9-17-13-7-10-5-3-4-6-12(10)15-13/h3-7,11,14-15H,8-9H2,1-2H3. The van der Waals surface area contributed by atoms with E-state index in [1.165, 1.54) is 15.9 Å². The summed E-state index contributed by atoms with van der Waals surface area (Å²) >= 11 is 1.82. The van der Waals surface area contributed by atoms with E-state index in [0.29, 0.717) is 6.04 Å². The Kier molecular flexibility index (Phi) is 4.48. The normalized spacial score (nSPS) is 13.1. The molecule has 1 aromatic carbocycles. The first-order chi connectivity index (χ1) is 8.33. The fourth-order valence-corrected chi connectivity index (χ4v) is 2.77. The van der Waals surface area contributed by atoms with Crippen molar-refractivity contribution >= 4 is 22.7 Å². The highest BCUT2D eigenvalue weighted by molar-refractivity contribution is 7.99. The molecule has 1 aromatic heterocycles. The average Bonchev–Trinajstić information content (AvgIpc) is 2.77. The Morgan fingerprint density at radius 1 is 1.41 bits per heavy atom. The zero-order valence-electron chi connectivity index (χ0n) is 10.2. The summed E-state index contributed by atoms with van der Waals surface area (Å²) in [7, 11) is 3.70. The highest BCUT2D eigenvalue weighted by Crippen LogP contribution is 2.23. The van der Waals surface area contributed by atoms with Crippen LogP contribution < -0.4 is 5.32 Å². The lowest BCUT2D eigenvalue weighted by Gasteiger charge is -2.13. The van der Waals surface area contributed by atoms with Gasteiger partial charge in [0.2, 0.25) is 0 Å². The number of ether oxygens (including phenoxy) is 1. The van der Waals surface area contributed by atoms with E-state index < -0.39 is 0 Å². The van der Waals surface area contributed by atoms with Crippen LogP contribution in [0.25, 0.3) is 10.9 Å². The van der Waals surface area contributed by atoms with Gasteiger partial charge in [-0.15, -0.1) is 11.8 Å². The van der Waals surface area contributed by atoms with Crippen LogP contribution >= 0.6 is 11.8 Å². The van der Waals surface area contributed by atoms with Gasteiger partial charge in [-0.05, 0) is 19.2 Å². The number of likely N-dealkylation sites (N-methyl/N-ethyl adjacent to an activating group) is 1. The van der Waals surface area contributed by atoms with Crippen molar-refractivity contribution in [2.75, 3.05) is 26.5 Å². The third-order valence-corrected chi connectivity index (χ3v) is 3.82. The van der Waals surface area contributed by atoms with Crippen molar-refractivity contribution in [3.05, 3.63) is 30.3 Å². The van der Waals surface area contributed by atoms with Gasteiger partial charge in [-0.3, -0.25) is 0 Å². The second-order valence-corrected chi connectivity index (χ2v) is 5.03. The quantitative estimate of drug-likeness (QED) is 0.773. The Morgan fingerprint density at radius 3 is 2.94 bits per heavy atom. The van der Waals surface area contributed by atoms with Crippen LogP contribution in [-0.2, 0) is 4.74 Å². The number of hydrogen-bond acceptors (Lipinski definition) is 3. The van der Waals surface area contributed by atoms with Crippen molar-refractivity contribution in [2.45, 2.75) is 11.1 Å². The molecule has 0 saturated carbocycles. The number of para-hydroxylation sites is 1. The van der Waals surface area contributed by atoms with Crippen LogP contribution in [0.15, 0.2) is 35.4 Å². The van der Waals surface area contributed by atoms with Crippen molar-refractivity contribution < 1.29 is 4.74 Å². The van der Waals surface area contributed by atoms with Gasteiger partial charge in [0, 0.05) is 29.8 Å². The van der Waals surface area contributed by atoms with Gasteiger partial charge in [0.25, 0.3) is 0 Å². The minimum Gasteiger partial charge on any atom is -0.383 e. The van der Waals surface area contributed by atoms with Crippen molar-refractivity contribution in [1.82, 2.24) is 10.3 Å². The zero-order valence-corrected chi connectivity index (χ0v) is 11.0. The van der Waals surface area contributed by atoms with E-state index in [2.05, 4.69) is 40.6 Å². The molecule has 3 nitrogen and oxygen atoms in total. The highest BCUT2D eigenvalue weighted by atomic mass is 32.2. The van der Waals surface area contributed by atoms with Gasteiger partial charge in [-0.25, -0.2) is 0 Å². The minimum absolute atomic E-state index is 0.386. The Morgan fingerprint density at radius 2 is 2.24 bits per heavy atom. The number of benzene rings is 1. The Balaban J connectivity index is 1.98. The number of methoxy groups -OCH3 is 1. The summed E-state index contributed by atoms with van der Waals surface area (Å²) in [6.07, 6.45) is 0. The van der Waals surface area contributed by atoms with Gasteiger partial charge in [-0.1, -0.05) is 18.2 Å². The number of rotatable bonds is 6. The summed E-state index contributed by atoms with van der Waals surface area (Å²) < 4.78 is 5.16. The first-order valence-electron chi connectivity index (χ1n) is 5.70. The molecule has 2 rings (SSSR count). The summed E-state index contributed by atoms with van der Waals surface area (Å²) in [5.41, 5.74) is 1.20. The molecule has 0 aliphatic carbocycles. The third kappa shape index (κ3) is 3.25. The second-order valence-electron chi connectivity index (χ2n) is 3.97. The number of H-pyrrole nitrogens is 1. The average molecular weight is 250 g/mol. The van der Waals surface area contributed by atoms with Crippen LogP contribution in [0.5, 0.6) is 0 Å². The lowest BCUT2D eigenvalue weighted by atomic mass is 10.3. The monoisotopic (exact) mass is 250 g/mol. The lowest BCUT2D eigenvalue weighted by molar-refractivity contribution is 0.177. The summed E-state index contributed by atoms with van der Waals surface area (Å²) in [5, 5.41) is 5.72. The van der Waals surface area contributed by atoms with Gasteiger partial charge in [0.05, 0.1) is 11.6 Å². The van der Waals surface area contributed by atoms with E-state index in [4.69, 9.17) is 4.74 Å². The molecule has 0 fully saturated rings. The first kappa shape index (κ1) is 12.5. The van der Waals surface area contributed by atoms with Gasteiger partial charge in [-0.2, -0.15) is 0 Å². The molecule has 2 N–H and O–H groups in total. The predicted molar refractivity (Wildman–Crippen MR) is 73.7 cm³/mol. The van der Waals surface area contributed by atoms with Crippen molar-refractivity contribution in [2.24, 2.45) is 0 Å². The summed E-state index contributed by atoms with van der Waals surface area (Å²) in [6.45, 7) is 0.740. The first-order valence-corrected chi connectivity index (χ1v) is 6.69. The fraction of sp³-hybridized carbons (Fsp3) is 0.385. The van der Waals surface area contributed by atoms with Crippen LogP contribution in [0.1, 0.15) is 0 Å². The number of thioether (sulfide) groups is 1. The van der Waals surface area contributed by atoms with Crippen LogP contribution in [0, 0.1) is 0 Å². The number of fused-ring (bicyclic) bond motifs is 1. The Labute approximate surface area is 106 Å². The van der Waals surface area contributed by atoms with Crippen LogP contribution in [-0.4, -0.2) is 37.5 Å². The van der Waals surface area contributed by atoms with Crippen LogP contribution in [0.3, 0.4) is 0 Å². The molecular formula is C13H18N2OS. The molecule has 1 atom stereocenters. The summed E-state index contributed by atoms with van der Waals surface area (Å²) in [6, 6.07) is 10.9. The van der Waals surface area contributed by atoms with Crippen molar-refractivity contribution in [3.8, 4) is 0 Å². The highest BCUT2D eigenvalue weighted by Gasteiger charge is 2.07. The molecule has 17 heavy (non-hydrogen) atoms. The zero-order chi connectivity index (χ0) is 12.1. The molecule has 0 aliphatic rings. The third-order valence-electron chi connectivity index (χ3n) is 2.72. The van der Waals surface area contributed by atoms with E-state index in [1.54, 1.807) is 7.11 Å². The SMILES string of the molecule is CNC(COC)CSc1cc2ccccc2[nH]1. The minimum atomic E-state index is 0.386. The van der Waals surface area contributed by atoms with E-state index in [0.717, 1.165) is 12.4 Å². The van der Waals surface area contributed by atoms with E-state index in [9.17, 15) is 0 Å². The molecule has 1 unspecified atom stereocenters. The maximum absolute atomic E-state index is 5.16. The summed E-state index contributed by atoms with van der Waals surface area (Å²) in [5.74, 6) is 0.997. The van der Waals surface area contributed by atoms with E-state index in [1.807, 2.05) is 18.8 Å². The second kappa shape index (κ2) is 6.10. The number of nitrogens with one attached hydrogen (secondary N) is 2.